The molecular formula is C24H27F2N5O2S2. The Balaban J connectivity index is 0.00000216. The molecule has 2 heterocycles. The van der Waals surface area contributed by atoms with Gasteiger partial charge in [-0.1, -0.05) is 6.92 Å². The molecule has 1 aromatic heterocycles. The first kappa shape index (κ1) is 28.0. The second kappa shape index (κ2) is 12.0. The number of fused-ring (bicyclic) bond motifs is 1. The van der Waals surface area contributed by atoms with Crippen LogP contribution in [0.25, 0.3) is 15.7 Å². The molecular weight excluding hydrogens is 492 g/mol. The minimum atomic E-state index is -0.788. The molecule has 0 spiro atoms. The van der Waals surface area contributed by atoms with Crippen LogP contribution in [-0.2, 0) is 11.2 Å². The third kappa shape index (κ3) is 6.46. The number of hydrogen-bond donors (Lipinski definition) is 3. The first-order chi connectivity index (χ1) is 15.8. The fourth-order valence-corrected chi connectivity index (χ4v) is 4.19. The predicted molar refractivity (Wildman–Crippen MR) is 142 cm³/mol. The van der Waals surface area contributed by atoms with Crippen molar-refractivity contribution in [1.82, 2.24) is 9.88 Å². The number of benzene rings is 2. The standard InChI is InChI=1S/C24H23F2N5O2.2H2S/c1-14(23(32)31-7-3-4-22(31)27-2)8-15-13-28-21-6-5-18(12-20(15)21)29-24(33)30-19-10-16(25)9-17(26)11-19;;/h5-6,9-14,22,28H,3-4,7-8H2,1H3,(H2,29,30,33);2*1H2/t14-,22-;;/m0../s1. The summed E-state index contributed by atoms with van der Waals surface area (Å²) in [6.07, 6.45) is 3.51. The summed E-state index contributed by atoms with van der Waals surface area (Å²) < 4.78 is 26.7. The van der Waals surface area contributed by atoms with Crippen molar-refractivity contribution in [2.75, 3.05) is 17.2 Å². The molecule has 0 aliphatic carbocycles. The summed E-state index contributed by atoms with van der Waals surface area (Å²) in [4.78, 5) is 33.5. The van der Waals surface area contributed by atoms with Crippen LogP contribution < -0.4 is 10.6 Å². The van der Waals surface area contributed by atoms with Crippen LogP contribution in [0, 0.1) is 24.1 Å². The molecule has 7 nitrogen and oxygen atoms in total. The molecule has 1 saturated heterocycles. The van der Waals surface area contributed by atoms with Gasteiger partial charge in [0.05, 0.1) is 0 Å². The molecule has 2 aromatic carbocycles. The average Bonchev–Trinajstić information content (AvgIpc) is 3.39. The van der Waals surface area contributed by atoms with Crippen molar-refractivity contribution in [3.63, 3.8) is 0 Å². The molecule has 0 bridgehead atoms. The summed E-state index contributed by atoms with van der Waals surface area (Å²) in [5.41, 5.74) is 2.26. The third-order valence-corrected chi connectivity index (χ3v) is 5.75. The quantitative estimate of drug-likeness (QED) is 0.397. The first-order valence-electron chi connectivity index (χ1n) is 10.6. The van der Waals surface area contributed by atoms with Crippen LogP contribution in [0.4, 0.5) is 25.0 Å². The van der Waals surface area contributed by atoms with Crippen molar-refractivity contribution in [1.29, 1.82) is 0 Å². The number of anilines is 2. The van der Waals surface area contributed by atoms with Gasteiger partial charge in [-0.2, -0.15) is 27.0 Å². The zero-order valence-corrected chi connectivity index (χ0v) is 21.0. The zero-order chi connectivity index (χ0) is 23.5. The van der Waals surface area contributed by atoms with E-state index in [1.54, 1.807) is 23.1 Å². The molecule has 186 valence electrons. The lowest BCUT2D eigenvalue weighted by molar-refractivity contribution is -0.135. The summed E-state index contributed by atoms with van der Waals surface area (Å²) in [5.74, 6) is -1.90. The Labute approximate surface area is 216 Å². The molecule has 0 saturated carbocycles. The number of amides is 3. The monoisotopic (exact) mass is 519 g/mol. The molecule has 1 fully saturated rings. The number of carbonyl (C=O) groups is 2. The number of rotatable bonds is 5. The smallest absolute Gasteiger partial charge is 0.323 e. The maximum Gasteiger partial charge on any atom is 0.323 e. The van der Waals surface area contributed by atoms with E-state index < -0.39 is 17.7 Å². The van der Waals surface area contributed by atoms with Gasteiger partial charge in [-0.3, -0.25) is 14.5 Å². The van der Waals surface area contributed by atoms with Gasteiger partial charge < -0.3 is 15.6 Å². The van der Waals surface area contributed by atoms with Crippen molar-refractivity contribution in [3.05, 3.63) is 71.2 Å². The summed E-state index contributed by atoms with van der Waals surface area (Å²) in [6.45, 7) is 9.76. The molecule has 4 rings (SSSR count). The van der Waals surface area contributed by atoms with E-state index in [4.69, 9.17) is 6.57 Å². The number of nitrogens with zero attached hydrogens (tertiary/aromatic N) is 2. The summed E-state index contributed by atoms with van der Waals surface area (Å²) >= 11 is 0. The molecule has 3 amide bonds. The average molecular weight is 520 g/mol. The van der Waals surface area contributed by atoms with Crippen LogP contribution in [0.1, 0.15) is 25.3 Å². The second-order valence-electron chi connectivity index (χ2n) is 8.20. The van der Waals surface area contributed by atoms with E-state index >= 15 is 0 Å². The molecule has 35 heavy (non-hydrogen) atoms. The predicted octanol–water partition coefficient (Wildman–Crippen LogP) is 5.36. The Hall–Kier alpha value is -3.23. The second-order valence-corrected chi connectivity index (χ2v) is 8.20. The van der Waals surface area contributed by atoms with E-state index in [9.17, 15) is 18.4 Å². The lowest BCUT2D eigenvalue weighted by Gasteiger charge is -2.20. The molecule has 1 aliphatic rings. The molecule has 3 aromatic rings. The minimum Gasteiger partial charge on any atom is -0.361 e. The number of urea groups is 1. The van der Waals surface area contributed by atoms with Crippen LogP contribution in [0.15, 0.2) is 42.6 Å². The molecule has 0 unspecified atom stereocenters. The first-order valence-corrected chi connectivity index (χ1v) is 10.6. The molecule has 11 heteroatoms. The molecule has 2 atom stereocenters. The van der Waals surface area contributed by atoms with Crippen molar-refractivity contribution < 1.29 is 18.4 Å². The molecule has 3 N–H and O–H groups in total. The van der Waals surface area contributed by atoms with Gasteiger partial charge >= 0.3 is 12.2 Å². The van der Waals surface area contributed by atoms with Gasteiger partial charge in [0.15, 0.2) is 0 Å². The maximum absolute atomic E-state index is 13.3. The highest BCUT2D eigenvalue weighted by Gasteiger charge is 2.35. The maximum atomic E-state index is 13.3. The largest absolute Gasteiger partial charge is 0.361 e. The normalized spacial score (nSPS) is 15.5. The lowest BCUT2D eigenvalue weighted by atomic mass is 9.99. The number of likely N-dealkylation sites (tertiary alicyclic amines) is 1. The van der Waals surface area contributed by atoms with Gasteiger partial charge in [0.2, 0.25) is 5.91 Å². The van der Waals surface area contributed by atoms with Crippen LogP contribution in [0.2, 0.25) is 0 Å². The van der Waals surface area contributed by atoms with Crippen molar-refractivity contribution in [2.24, 2.45) is 5.92 Å². The Kier molecular flexibility index (Phi) is 9.56. The fourth-order valence-electron chi connectivity index (χ4n) is 4.19. The van der Waals surface area contributed by atoms with E-state index in [0.29, 0.717) is 25.1 Å². The van der Waals surface area contributed by atoms with Crippen LogP contribution in [0.5, 0.6) is 0 Å². The molecule has 0 radical (unpaired) electrons. The zero-order valence-electron chi connectivity index (χ0n) is 19.0. The van der Waals surface area contributed by atoms with E-state index in [0.717, 1.165) is 41.1 Å². The summed E-state index contributed by atoms with van der Waals surface area (Å²) in [6, 6.07) is 7.41. The van der Waals surface area contributed by atoms with E-state index in [2.05, 4.69) is 20.5 Å². The topological polar surface area (TPSA) is 81.6 Å². The highest BCUT2D eigenvalue weighted by molar-refractivity contribution is 7.59. The van der Waals surface area contributed by atoms with Gasteiger partial charge in [-0.15, -0.1) is 0 Å². The SMILES string of the molecule is S.S.[C-]#[N+][C@@H]1CCCN1C(=O)[C@@H](C)Cc1c[nH]c2ccc(NC(=O)Nc3cc(F)cc(F)c3)cc12. The Bertz CT molecular complexity index is 1240. The number of halogens is 2. The van der Waals surface area contributed by atoms with E-state index in [1.807, 2.05) is 13.1 Å². The van der Waals surface area contributed by atoms with Gasteiger partial charge in [0, 0.05) is 53.4 Å². The minimum absolute atomic E-state index is 0. The number of H-pyrrole nitrogens is 1. The van der Waals surface area contributed by atoms with Crippen molar-refractivity contribution >= 4 is 61.2 Å². The Morgan fingerprint density at radius 1 is 1.14 bits per heavy atom. The number of nitrogens with one attached hydrogen (secondary N) is 3. The van der Waals surface area contributed by atoms with Crippen molar-refractivity contribution in [2.45, 2.75) is 32.4 Å². The fraction of sp³-hybridized carbons (Fsp3) is 0.292. The Morgan fingerprint density at radius 3 is 2.51 bits per heavy atom. The highest BCUT2D eigenvalue weighted by Crippen LogP contribution is 2.27. The van der Waals surface area contributed by atoms with Gasteiger partial charge in [0.1, 0.15) is 11.6 Å². The number of aromatic amines is 1. The summed E-state index contributed by atoms with van der Waals surface area (Å²) in [5, 5.41) is 5.91. The van der Waals surface area contributed by atoms with E-state index in [1.165, 1.54) is 0 Å². The van der Waals surface area contributed by atoms with Crippen LogP contribution in [0.3, 0.4) is 0 Å². The number of hydrogen-bond acceptors (Lipinski definition) is 2. The molecule has 1 aliphatic heterocycles. The van der Waals surface area contributed by atoms with Crippen LogP contribution >= 0.6 is 27.0 Å². The van der Waals surface area contributed by atoms with E-state index in [-0.39, 0.29) is 50.7 Å². The van der Waals surface area contributed by atoms with Gasteiger partial charge in [0.25, 0.3) is 0 Å². The van der Waals surface area contributed by atoms with Crippen molar-refractivity contribution in [3.8, 4) is 0 Å². The number of carbonyl (C=O) groups excluding carboxylic acids is 2. The number of aromatic nitrogens is 1. The third-order valence-electron chi connectivity index (χ3n) is 5.75. The Morgan fingerprint density at radius 2 is 1.83 bits per heavy atom. The van der Waals surface area contributed by atoms with Gasteiger partial charge in [-0.25, -0.2) is 20.1 Å². The van der Waals surface area contributed by atoms with Crippen LogP contribution in [-0.4, -0.2) is 34.5 Å². The van der Waals surface area contributed by atoms with Gasteiger partial charge in [-0.05, 0) is 48.7 Å². The highest BCUT2D eigenvalue weighted by atomic mass is 32.1. The lowest BCUT2D eigenvalue weighted by Crippen LogP contribution is -2.38. The summed E-state index contributed by atoms with van der Waals surface area (Å²) in [7, 11) is 0.